The topological polar surface area (TPSA) is 34.9 Å². The van der Waals surface area contributed by atoms with Crippen molar-refractivity contribution in [2.75, 3.05) is 0 Å². The van der Waals surface area contributed by atoms with E-state index in [-0.39, 0.29) is 5.78 Å². The zero-order chi connectivity index (χ0) is 14.0. The normalized spacial score (nSPS) is 10.7. The zero-order valence-electron chi connectivity index (χ0n) is 10.8. The zero-order valence-corrected chi connectivity index (χ0v) is 13.1. The Hall–Kier alpha value is -1.13. The van der Waals surface area contributed by atoms with Crippen molar-refractivity contribution < 1.29 is 4.79 Å². The highest BCUT2D eigenvalue weighted by Gasteiger charge is 2.16. The maximum absolute atomic E-state index is 12.3. The first-order valence-corrected chi connectivity index (χ1v) is 7.18. The molecule has 100 valence electrons. The molecule has 5 heteroatoms. The SMILES string of the molecule is CCc1nn(C)cc1C(=O)Cc1ccc(Br)cc1Cl. The van der Waals surface area contributed by atoms with E-state index in [1.165, 1.54) is 0 Å². The average Bonchev–Trinajstić information content (AvgIpc) is 2.74. The summed E-state index contributed by atoms with van der Waals surface area (Å²) in [5.74, 6) is 0.0502. The minimum absolute atomic E-state index is 0.0502. The van der Waals surface area contributed by atoms with Gasteiger partial charge in [-0.2, -0.15) is 5.10 Å². The summed E-state index contributed by atoms with van der Waals surface area (Å²) in [6, 6.07) is 5.55. The maximum atomic E-state index is 12.3. The summed E-state index contributed by atoms with van der Waals surface area (Å²) in [7, 11) is 1.82. The molecule has 0 bridgehead atoms. The summed E-state index contributed by atoms with van der Waals surface area (Å²) in [4.78, 5) is 12.3. The maximum Gasteiger partial charge on any atom is 0.170 e. The lowest BCUT2D eigenvalue weighted by atomic mass is 10.0. The highest BCUT2D eigenvalue weighted by Crippen LogP contribution is 2.23. The molecule has 0 aliphatic carbocycles. The predicted octanol–water partition coefficient (Wildman–Crippen LogP) is 3.82. The number of hydrogen-bond donors (Lipinski definition) is 0. The van der Waals surface area contributed by atoms with E-state index in [1.807, 2.05) is 26.1 Å². The van der Waals surface area contributed by atoms with Crippen LogP contribution in [0.25, 0.3) is 0 Å². The van der Waals surface area contributed by atoms with Gasteiger partial charge in [0, 0.05) is 29.2 Å². The Bertz CT molecular complexity index is 622. The third-order valence-corrected chi connectivity index (χ3v) is 3.75. The molecule has 0 N–H and O–H groups in total. The molecule has 0 aliphatic rings. The van der Waals surface area contributed by atoms with Gasteiger partial charge in [-0.25, -0.2) is 0 Å². The minimum Gasteiger partial charge on any atom is -0.294 e. The number of aromatic nitrogens is 2. The van der Waals surface area contributed by atoms with Gasteiger partial charge < -0.3 is 0 Å². The van der Waals surface area contributed by atoms with Crippen molar-refractivity contribution in [3.05, 3.63) is 50.7 Å². The van der Waals surface area contributed by atoms with Crippen LogP contribution in [0.5, 0.6) is 0 Å². The summed E-state index contributed by atoms with van der Waals surface area (Å²) in [5.41, 5.74) is 2.35. The molecular formula is C14H14BrClN2O. The van der Waals surface area contributed by atoms with E-state index >= 15 is 0 Å². The van der Waals surface area contributed by atoms with Crippen LogP contribution < -0.4 is 0 Å². The molecule has 3 nitrogen and oxygen atoms in total. The number of halogens is 2. The summed E-state index contributed by atoms with van der Waals surface area (Å²) in [6.45, 7) is 1.99. The van der Waals surface area contributed by atoms with E-state index < -0.39 is 0 Å². The molecule has 1 aromatic carbocycles. The van der Waals surface area contributed by atoms with Crippen LogP contribution in [0.4, 0.5) is 0 Å². The highest BCUT2D eigenvalue weighted by atomic mass is 79.9. The number of aryl methyl sites for hydroxylation is 2. The molecule has 2 rings (SSSR count). The smallest absolute Gasteiger partial charge is 0.170 e. The number of benzene rings is 1. The van der Waals surface area contributed by atoms with Crippen LogP contribution in [0.3, 0.4) is 0 Å². The van der Waals surface area contributed by atoms with Gasteiger partial charge in [-0.05, 0) is 24.1 Å². The number of rotatable bonds is 4. The van der Waals surface area contributed by atoms with Crippen LogP contribution >= 0.6 is 27.5 Å². The first kappa shape index (κ1) is 14.3. The first-order valence-electron chi connectivity index (χ1n) is 6.01. The van der Waals surface area contributed by atoms with E-state index in [9.17, 15) is 4.79 Å². The second-order valence-electron chi connectivity index (χ2n) is 4.35. The predicted molar refractivity (Wildman–Crippen MR) is 79.8 cm³/mol. The largest absolute Gasteiger partial charge is 0.294 e. The van der Waals surface area contributed by atoms with E-state index in [2.05, 4.69) is 21.0 Å². The third-order valence-electron chi connectivity index (χ3n) is 2.91. The van der Waals surface area contributed by atoms with Gasteiger partial charge in [0.1, 0.15) is 0 Å². The number of ketones is 1. The van der Waals surface area contributed by atoms with Gasteiger partial charge in [0.2, 0.25) is 0 Å². The van der Waals surface area contributed by atoms with Crippen LogP contribution in [-0.4, -0.2) is 15.6 Å². The standard InChI is InChI=1S/C14H14BrClN2O/c1-3-13-11(8-18(2)17-13)14(19)6-9-4-5-10(15)7-12(9)16/h4-5,7-8H,3,6H2,1-2H3. The van der Waals surface area contributed by atoms with Crippen molar-refractivity contribution in [1.29, 1.82) is 0 Å². The number of Topliss-reactive ketones (excluding diaryl/α,β-unsaturated/α-hetero) is 1. The molecule has 2 aromatic rings. The van der Waals surface area contributed by atoms with E-state index in [1.54, 1.807) is 16.9 Å². The van der Waals surface area contributed by atoms with Crippen LogP contribution in [0.1, 0.15) is 28.5 Å². The molecule has 19 heavy (non-hydrogen) atoms. The van der Waals surface area contributed by atoms with Gasteiger partial charge in [0.15, 0.2) is 5.78 Å². The highest BCUT2D eigenvalue weighted by molar-refractivity contribution is 9.10. The summed E-state index contributed by atoms with van der Waals surface area (Å²) >= 11 is 9.49. The Kier molecular flexibility index (Phi) is 4.42. The van der Waals surface area contributed by atoms with Crippen molar-refractivity contribution in [2.24, 2.45) is 7.05 Å². The lowest BCUT2D eigenvalue weighted by Gasteiger charge is -2.04. The molecule has 0 aliphatic heterocycles. The number of hydrogen-bond acceptors (Lipinski definition) is 2. The molecule has 0 radical (unpaired) electrons. The van der Waals surface area contributed by atoms with Gasteiger partial charge in [0.05, 0.1) is 11.3 Å². The number of carbonyl (C=O) groups excluding carboxylic acids is 1. The van der Waals surface area contributed by atoms with Gasteiger partial charge in [-0.1, -0.05) is 40.5 Å². The fourth-order valence-corrected chi connectivity index (χ4v) is 2.70. The van der Waals surface area contributed by atoms with Gasteiger partial charge in [0.25, 0.3) is 0 Å². The third kappa shape index (κ3) is 3.25. The van der Waals surface area contributed by atoms with Gasteiger partial charge in [-0.15, -0.1) is 0 Å². The van der Waals surface area contributed by atoms with Crippen molar-refractivity contribution in [3.63, 3.8) is 0 Å². The number of carbonyl (C=O) groups is 1. The summed E-state index contributed by atoms with van der Waals surface area (Å²) in [5, 5.41) is 4.89. The summed E-state index contributed by atoms with van der Waals surface area (Å²) < 4.78 is 2.58. The van der Waals surface area contributed by atoms with Crippen LogP contribution in [0, 0.1) is 0 Å². The Balaban J connectivity index is 2.25. The van der Waals surface area contributed by atoms with Crippen molar-refractivity contribution in [2.45, 2.75) is 19.8 Å². The first-order chi connectivity index (χ1) is 9.01. The average molecular weight is 342 g/mol. The Morgan fingerprint density at radius 1 is 1.47 bits per heavy atom. The molecule has 0 amide bonds. The molecule has 1 aromatic heterocycles. The van der Waals surface area contributed by atoms with Gasteiger partial charge in [-0.3, -0.25) is 9.48 Å². The minimum atomic E-state index is 0.0502. The lowest BCUT2D eigenvalue weighted by Crippen LogP contribution is -2.05. The quantitative estimate of drug-likeness (QED) is 0.792. The van der Waals surface area contributed by atoms with Crippen LogP contribution in [-0.2, 0) is 19.9 Å². The van der Waals surface area contributed by atoms with E-state index in [0.717, 1.165) is 22.2 Å². The molecule has 0 fully saturated rings. The van der Waals surface area contributed by atoms with Crippen molar-refractivity contribution in [1.82, 2.24) is 9.78 Å². The van der Waals surface area contributed by atoms with Crippen LogP contribution in [0.2, 0.25) is 5.02 Å². The van der Waals surface area contributed by atoms with E-state index in [4.69, 9.17) is 11.6 Å². The Labute approximate surface area is 125 Å². The molecule has 0 spiro atoms. The molecule has 0 saturated carbocycles. The Morgan fingerprint density at radius 2 is 2.21 bits per heavy atom. The molecule has 0 unspecified atom stereocenters. The fraction of sp³-hybridized carbons (Fsp3) is 0.286. The lowest BCUT2D eigenvalue weighted by molar-refractivity contribution is 0.0992. The van der Waals surface area contributed by atoms with Gasteiger partial charge >= 0.3 is 0 Å². The second kappa shape index (κ2) is 5.88. The monoisotopic (exact) mass is 340 g/mol. The van der Waals surface area contributed by atoms with Crippen molar-refractivity contribution in [3.8, 4) is 0 Å². The Morgan fingerprint density at radius 3 is 2.84 bits per heavy atom. The fourth-order valence-electron chi connectivity index (χ4n) is 1.96. The number of nitrogens with zero attached hydrogens (tertiary/aromatic N) is 2. The second-order valence-corrected chi connectivity index (χ2v) is 5.68. The molecule has 0 saturated heterocycles. The van der Waals surface area contributed by atoms with Crippen LogP contribution in [0.15, 0.2) is 28.9 Å². The molecule has 0 atom stereocenters. The molecule has 1 heterocycles. The van der Waals surface area contributed by atoms with E-state index in [0.29, 0.717) is 17.0 Å². The summed E-state index contributed by atoms with van der Waals surface area (Å²) in [6.07, 6.45) is 2.81. The van der Waals surface area contributed by atoms with Crippen molar-refractivity contribution >= 4 is 33.3 Å². The molecular weight excluding hydrogens is 328 g/mol.